The van der Waals surface area contributed by atoms with E-state index in [1.165, 1.54) is 0 Å². The summed E-state index contributed by atoms with van der Waals surface area (Å²) < 4.78 is 15.1. The lowest BCUT2D eigenvalue weighted by Gasteiger charge is -2.20. The molecule has 0 atom stereocenters. The summed E-state index contributed by atoms with van der Waals surface area (Å²) in [6, 6.07) is 3.10. The highest BCUT2D eigenvalue weighted by Crippen LogP contribution is 2.35. The molecule has 0 unspecified atom stereocenters. The van der Waals surface area contributed by atoms with Crippen LogP contribution in [0.3, 0.4) is 0 Å². The summed E-state index contributed by atoms with van der Waals surface area (Å²) in [5.41, 5.74) is 7.04. The molecule has 1 aliphatic rings. The van der Waals surface area contributed by atoms with Gasteiger partial charge in [-0.3, -0.25) is 9.59 Å². The first-order chi connectivity index (χ1) is 10.1. The van der Waals surface area contributed by atoms with E-state index in [0.29, 0.717) is 36.0 Å². The van der Waals surface area contributed by atoms with Crippen LogP contribution in [-0.2, 0) is 19.1 Å². The Kier molecular flexibility index (Phi) is 4.96. The van der Waals surface area contributed by atoms with Gasteiger partial charge in [0, 0.05) is 13.2 Å². The number of benzene rings is 1. The summed E-state index contributed by atoms with van der Waals surface area (Å²) in [7, 11) is 1.55. The van der Waals surface area contributed by atoms with E-state index < -0.39 is 0 Å². The van der Waals surface area contributed by atoms with Crippen molar-refractivity contribution in [3.05, 3.63) is 12.1 Å². The number of carbonyl (C=O) groups excluding carboxylic acids is 2. The number of amides is 2. The fourth-order valence-corrected chi connectivity index (χ4v) is 1.74. The van der Waals surface area contributed by atoms with Crippen LogP contribution in [0.5, 0.6) is 5.75 Å². The maximum Gasteiger partial charge on any atom is 0.262 e. The molecule has 1 aliphatic heterocycles. The molecular formula is C13H17N3O5. The van der Waals surface area contributed by atoms with Gasteiger partial charge in [-0.25, -0.2) is 0 Å². The van der Waals surface area contributed by atoms with E-state index in [-0.39, 0.29) is 25.0 Å². The lowest BCUT2D eigenvalue weighted by Crippen LogP contribution is -2.26. The second kappa shape index (κ2) is 6.91. The number of hydrogen-bond acceptors (Lipinski definition) is 6. The molecule has 2 amide bonds. The number of methoxy groups -OCH3 is 1. The van der Waals surface area contributed by atoms with Gasteiger partial charge in [-0.15, -0.1) is 0 Å². The Bertz CT molecular complexity index is 547. The minimum absolute atomic E-state index is 0.0501. The van der Waals surface area contributed by atoms with Gasteiger partial charge in [0.1, 0.15) is 12.4 Å². The normalized spacial score (nSPS) is 13.1. The van der Waals surface area contributed by atoms with E-state index in [4.69, 9.17) is 19.9 Å². The van der Waals surface area contributed by atoms with Crippen LogP contribution in [0, 0.1) is 0 Å². The van der Waals surface area contributed by atoms with Gasteiger partial charge in [0.15, 0.2) is 6.61 Å². The second-order valence-corrected chi connectivity index (χ2v) is 4.37. The average Bonchev–Trinajstić information content (AvgIpc) is 2.45. The predicted molar refractivity (Wildman–Crippen MR) is 76.3 cm³/mol. The summed E-state index contributed by atoms with van der Waals surface area (Å²) >= 11 is 0. The zero-order valence-electron chi connectivity index (χ0n) is 11.6. The number of fused-ring (bicyclic) bond motifs is 1. The topological polar surface area (TPSA) is 112 Å². The van der Waals surface area contributed by atoms with E-state index in [2.05, 4.69) is 10.6 Å². The number of nitrogens with two attached hydrogens (primary N) is 1. The van der Waals surface area contributed by atoms with Crippen LogP contribution in [-0.4, -0.2) is 45.4 Å². The SMILES string of the molecule is COCCOCC(=O)Nc1cc2c(cc1N)OCC(=O)N2. The summed E-state index contributed by atoms with van der Waals surface area (Å²) in [5, 5.41) is 5.26. The van der Waals surface area contributed by atoms with Crippen LogP contribution in [0.1, 0.15) is 0 Å². The molecule has 21 heavy (non-hydrogen) atoms. The molecule has 8 heteroatoms. The predicted octanol–water partition coefficient (Wildman–Crippen LogP) is 0.201. The number of rotatable bonds is 6. The number of nitrogen functional groups attached to an aromatic ring is 1. The van der Waals surface area contributed by atoms with E-state index >= 15 is 0 Å². The number of anilines is 3. The first-order valence-electron chi connectivity index (χ1n) is 6.33. The lowest BCUT2D eigenvalue weighted by molar-refractivity contribution is -0.121. The van der Waals surface area contributed by atoms with Gasteiger partial charge in [-0.2, -0.15) is 0 Å². The number of ether oxygens (including phenoxy) is 3. The Balaban J connectivity index is 1.98. The number of hydrogen-bond donors (Lipinski definition) is 3. The van der Waals surface area contributed by atoms with Crippen molar-refractivity contribution in [2.24, 2.45) is 0 Å². The molecule has 0 aromatic heterocycles. The van der Waals surface area contributed by atoms with Crippen LogP contribution in [0.25, 0.3) is 0 Å². The molecule has 1 aromatic rings. The minimum Gasteiger partial charge on any atom is -0.482 e. The molecule has 1 aromatic carbocycles. The second-order valence-electron chi connectivity index (χ2n) is 4.37. The van der Waals surface area contributed by atoms with Crippen LogP contribution in [0.4, 0.5) is 17.1 Å². The van der Waals surface area contributed by atoms with Crippen LogP contribution in [0.2, 0.25) is 0 Å². The molecule has 0 fully saturated rings. The van der Waals surface area contributed by atoms with E-state index in [1.54, 1.807) is 19.2 Å². The van der Waals surface area contributed by atoms with Gasteiger partial charge in [-0.05, 0) is 6.07 Å². The van der Waals surface area contributed by atoms with Crippen LogP contribution < -0.4 is 21.1 Å². The van der Waals surface area contributed by atoms with Gasteiger partial charge in [0.05, 0.1) is 30.3 Å². The number of carbonyl (C=O) groups is 2. The van der Waals surface area contributed by atoms with Crippen molar-refractivity contribution in [3.8, 4) is 5.75 Å². The Morgan fingerprint density at radius 1 is 1.48 bits per heavy atom. The largest absolute Gasteiger partial charge is 0.482 e. The standard InChI is InChI=1S/C13H17N3O5/c1-19-2-3-20-6-12(17)15-9-5-10-11(4-8(9)14)21-7-13(18)16-10/h4-5H,2-3,6-7,14H2,1H3,(H,15,17)(H,16,18). The van der Waals surface area contributed by atoms with Gasteiger partial charge >= 0.3 is 0 Å². The van der Waals surface area contributed by atoms with Gasteiger partial charge in [0.25, 0.3) is 5.91 Å². The lowest BCUT2D eigenvalue weighted by atomic mass is 10.2. The smallest absolute Gasteiger partial charge is 0.262 e. The van der Waals surface area contributed by atoms with E-state index in [9.17, 15) is 9.59 Å². The molecule has 4 N–H and O–H groups in total. The molecule has 114 valence electrons. The minimum atomic E-state index is -0.346. The highest BCUT2D eigenvalue weighted by atomic mass is 16.5. The molecule has 0 bridgehead atoms. The third-order valence-electron chi connectivity index (χ3n) is 2.72. The van der Waals surface area contributed by atoms with Crippen LogP contribution in [0.15, 0.2) is 12.1 Å². The van der Waals surface area contributed by atoms with Gasteiger partial charge < -0.3 is 30.6 Å². The zero-order valence-corrected chi connectivity index (χ0v) is 11.6. The Labute approximate surface area is 121 Å². The molecule has 0 aliphatic carbocycles. The summed E-state index contributed by atoms with van der Waals surface area (Å²) in [6.07, 6.45) is 0. The fraction of sp³-hybridized carbons (Fsp3) is 0.385. The molecule has 2 rings (SSSR count). The van der Waals surface area contributed by atoms with Crippen molar-refractivity contribution in [2.45, 2.75) is 0 Å². The van der Waals surface area contributed by atoms with Crippen molar-refractivity contribution >= 4 is 28.9 Å². The van der Waals surface area contributed by atoms with Crippen molar-refractivity contribution in [1.29, 1.82) is 0 Å². The van der Waals surface area contributed by atoms with Crippen LogP contribution >= 0.6 is 0 Å². The average molecular weight is 295 g/mol. The molecule has 1 heterocycles. The summed E-state index contributed by atoms with van der Waals surface area (Å²) in [4.78, 5) is 23.0. The Morgan fingerprint density at radius 2 is 2.29 bits per heavy atom. The van der Waals surface area contributed by atoms with E-state index in [1.807, 2.05) is 0 Å². The molecule has 0 radical (unpaired) electrons. The molecule has 0 saturated heterocycles. The van der Waals surface area contributed by atoms with Crippen molar-refractivity contribution in [3.63, 3.8) is 0 Å². The molecule has 0 saturated carbocycles. The highest BCUT2D eigenvalue weighted by molar-refractivity contribution is 6.00. The number of nitrogens with one attached hydrogen (secondary N) is 2. The fourth-order valence-electron chi connectivity index (χ4n) is 1.74. The Hall–Kier alpha value is -2.32. The molecular weight excluding hydrogens is 278 g/mol. The highest BCUT2D eigenvalue weighted by Gasteiger charge is 2.18. The van der Waals surface area contributed by atoms with Gasteiger partial charge in [-0.1, -0.05) is 0 Å². The third kappa shape index (κ3) is 4.07. The molecule has 0 spiro atoms. The summed E-state index contributed by atoms with van der Waals surface area (Å²) in [6.45, 7) is 0.583. The van der Waals surface area contributed by atoms with Gasteiger partial charge in [0.2, 0.25) is 5.91 Å². The maximum absolute atomic E-state index is 11.7. The van der Waals surface area contributed by atoms with E-state index in [0.717, 1.165) is 0 Å². The summed E-state index contributed by atoms with van der Waals surface area (Å²) in [5.74, 6) is -0.130. The quantitative estimate of drug-likeness (QED) is 0.510. The zero-order chi connectivity index (χ0) is 15.2. The van der Waals surface area contributed by atoms with Crippen molar-refractivity contribution in [2.75, 3.05) is 49.9 Å². The van der Waals surface area contributed by atoms with Crippen molar-refractivity contribution < 1.29 is 23.8 Å². The van der Waals surface area contributed by atoms with Crippen molar-refractivity contribution in [1.82, 2.24) is 0 Å². The maximum atomic E-state index is 11.7. The first kappa shape index (κ1) is 15.1. The third-order valence-corrected chi connectivity index (χ3v) is 2.72. The molecule has 8 nitrogen and oxygen atoms in total. The Morgan fingerprint density at radius 3 is 3.05 bits per heavy atom. The first-order valence-corrected chi connectivity index (χ1v) is 6.33. The monoisotopic (exact) mass is 295 g/mol.